The zero-order valence-corrected chi connectivity index (χ0v) is 12.8. The van der Waals surface area contributed by atoms with Crippen molar-refractivity contribution in [3.05, 3.63) is 29.3 Å². The second-order valence-corrected chi connectivity index (χ2v) is 5.51. The Hall–Kier alpha value is -0.670. The number of benzene rings is 1. The van der Waals surface area contributed by atoms with Crippen LogP contribution in [-0.2, 0) is 5.75 Å². The van der Waals surface area contributed by atoms with E-state index in [4.69, 9.17) is 4.74 Å². The molecule has 2 nitrogen and oxygen atoms in total. The topological polar surface area (TPSA) is 21.3 Å². The summed E-state index contributed by atoms with van der Waals surface area (Å²) in [6, 6.07) is 6.91. The fourth-order valence-electron chi connectivity index (χ4n) is 1.93. The van der Waals surface area contributed by atoms with Gasteiger partial charge >= 0.3 is 0 Å². The lowest BCUT2D eigenvalue weighted by Crippen LogP contribution is -2.17. The van der Waals surface area contributed by atoms with Crippen LogP contribution in [0.3, 0.4) is 0 Å². The van der Waals surface area contributed by atoms with Gasteiger partial charge in [0.25, 0.3) is 0 Å². The fraction of sp³-hybridized carbons (Fsp3) is 0.600. The van der Waals surface area contributed by atoms with E-state index in [0.29, 0.717) is 6.04 Å². The van der Waals surface area contributed by atoms with Crippen molar-refractivity contribution in [2.45, 2.75) is 39.0 Å². The molecule has 1 rings (SSSR count). The van der Waals surface area contributed by atoms with Crippen LogP contribution in [0, 0.1) is 0 Å². The number of ether oxygens (including phenoxy) is 1. The predicted octanol–water partition coefficient (Wildman–Crippen LogP) is 4.01. The van der Waals surface area contributed by atoms with Gasteiger partial charge in [-0.2, -0.15) is 11.8 Å². The number of hydrogen-bond donors (Lipinski definition) is 1. The van der Waals surface area contributed by atoms with Crippen LogP contribution in [0.1, 0.15) is 44.4 Å². The third-order valence-electron chi connectivity index (χ3n) is 2.92. The number of thioether (sulfide) groups is 1. The first-order valence-electron chi connectivity index (χ1n) is 6.70. The highest BCUT2D eigenvalue weighted by molar-refractivity contribution is 7.98. The summed E-state index contributed by atoms with van der Waals surface area (Å²) in [4.78, 5) is 0. The lowest BCUT2D eigenvalue weighted by Gasteiger charge is -2.16. The molecule has 0 aliphatic rings. The molecule has 0 radical (unpaired) electrons. The molecule has 0 spiro atoms. The quantitative estimate of drug-likeness (QED) is 0.719. The van der Waals surface area contributed by atoms with E-state index in [-0.39, 0.29) is 0 Å². The largest absolute Gasteiger partial charge is 0.496 e. The van der Waals surface area contributed by atoms with Gasteiger partial charge in [-0.25, -0.2) is 0 Å². The van der Waals surface area contributed by atoms with Crippen molar-refractivity contribution in [3.63, 3.8) is 0 Å². The Labute approximate surface area is 116 Å². The van der Waals surface area contributed by atoms with Crippen LogP contribution in [0.4, 0.5) is 0 Å². The number of rotatable bonds is 8. The summed E-state index contributed by atoms with van der Waals surface area (Å²) < 4.78 is 5.44. The molecule has 0 aliphatic carbocycles. The van der Waals surface area contributed by atoms with Crippen LogP contribution < -0.4 is 10.1 Å². The molecule has 1 atom stereocenters. The van der Waals surface area contributed by atoms with Crippen molar-refractivity contribution in [2.75, 3.05) is 19.4 Å². The molecular formula is C15H25NOS. The number of hydrogen-bond acceptors (Lipinski definition) is 3. The molecule has 1 unspecified atom stereocenters. The van der Waals surface area contributed by atoms with Gasteiger partial charge in [-0.15, -0.1) is 0 Å². The van der Waals surface area contributed by atoms with Crippen molar-refractivity contribution in [1.29, 1.82) is 0 Å². The van der Waals surface area contributed by atoms with Crippen molar-refractivity contribution in [3.8, 4) is 5.75 Å². The normalized spacial score (nSPS) is 12.4. The van der Waals surface area contributed by atoms with E-state index >= 15 is 0 Å². The summed E-state index contributed by atoms with van der Waals surface area (Å²) in [7, 11) is 1.75. The minimum Gasteiger partial charge on any atom is -0.496 e. The standard InChI is InChI=1S/C15H25NOS/c1-5-9-18-11-14-10-13(12(3)16-6-2)7-8-15(14)17-4/h7-8,10,12,16H,5-6,9,11H2,1-4H3. The zero-order valence-electron chi connectivity index (χ0n) is 12.0. The summed E-state index contributed by atoms with van der Waals surface area (Å²) in [5.41, 5.74) is 2.64. The van der Waals surface area contributed by atoms with E-state index in [9.17, 15) is 0 Å². The van der Waals surface area contributed by atoms with Crippen LogP contribution in [0.15, 0.2) is 18.2 Å². The van der Waals surface area contributed by atoms with Crippen LogP contribution in [0.25, 0.3) is 0 Å². The van der Waals surface area contributed by atoms with E-state index in [0.717, 1.165) is 18.0 Å². The second-order valence-electron chi connectivity index (χ2n) is 4.40. The smallest absolute Gasteiger partial charge is 0.122 e. The van der Waals surface area contributed by atoms with E-state index in [1.807, 2.05) is 11.8 Å². The maximum Gasteiger partial charge on any atom is 0.122 e. The maximum atomic E-state index is 5.44. The average molecular weight is 267 g/mol. The maximum absolute atomic E-state index is 5.44. The second kappa shape index (κ2) is 8.44. The van der Waals surface area contributed by atoms with Crippen molar-refractivity contribution < 1.29 is 4.74 Å². The minimum absolute atomic E-state index is 0.399. The van der Waals surface area contributed by atoms with Crippen LogP contribution in [-0.4, -0.2) is 19.4 Å². The third-order valence-corrected chi connectivity index (χ3v) is 4.13. The highest BCUT2D eigenvalue weighted by Crippen LogP contribution is 2.27. The van der Waals surface area contributed by atoms with Gasteiger partial charge in [0, 0.05) is 17.4 Å². The van der Waals surface area contributed by atoms with E-state index in [2.05, 4.69) is 44.3 Å². The number of methoxy groups -OCH3 is 1. The fourth-order valence-corrected chi connectivity index (χ4v) is 2.81. The third kappa shape index (κ3) is 4.54. The van der Waals surface area contributed by atoms with Crippen LogP contribution in [0.5, 0.6) is 5.75 Å². The Bertz CT molecular complexity index is 354. The molecule has 0 saturated heterocycles. The molecule has 18 heavy (non-hydrogen) atoms. The summed E-state index contributed by atoms with van der Waals surface area (Å²) >= 11 is 1.97. The molecule has 0 aliphatic heterocycles. The van der Waals surface area contributed by atoms with Gasteiger partial charge in [0.05, 0.1) is 7.11 Å². The summed E-state index contributed by atoms with van der Waals surface area (Å²) in [6.45, 7) is 7.55. The predicted molar refractivity (Wildman–Crippen MR) is 81.5 cm³/mol. The molecule has 3 heteroatoms. The summed E-state index contributed by atoms with van der Waals surface area (Å²) in [5, 5.41) is 3.45. The van der Waals surface area contributed by atoms with E-state index < -0.39 is 0 Å². The summed E-state index contributed by atoms with van der Waals surface area (Å²) in [6.07, 6.45) is 1.22. The van der Waals surface area contributed by atoms with Gasteiger partial charge in [0.1, 0.15) is 5.75 Å². The molecule has 0 fully saturated rings. The van der Waals surface area contributed by atoms with E-state index in [1.54, 1.807) is 7.11 Å². The Morgan fingerprint density at radius 1 is 1.33 bits per heavy atom. The van der Waals surface area contributed by atoms with Crippen molar-refractivity contribution >= 4 is 11.8 Å². The number of nitrogens with one attached hydrogen (secondary N) is 1. The zero-order chi connectivity index (χ0) is 13.4. The van der Waals surface area contributed by atoms with Crippen LogP contribution >= 0.6 is 11.8 Å². The van der Waals surface area contributed by atoms with Crippen molar-refractivity contribution in [2.24, 2.45) is 0 Å². The molecule has 0 bridgehead atoms. The molecule has 0 heterocycles. The molecule has 102 valence electrons. The molecule has 0 saturated carbocycles. The SMILES string of the molecule is CCCSCc1cc(C(C)NCC)ccc1OC. The Kier molecular flexibility index (Phi) is 7.21. The summed E-state index contributed by atoms with van der Waals surface area (Å²) in [5.74, 6) is 3.24. The van der Waals surface area contributed by atoms with Crippen LogP contribution in [0.2, 0.25) is 0 Å². The lowest BCUT2D eigenvalue weighted by molar-refractivity contribution is 0.411. The Balaban J connectivity index is 2.80. The van der Waals surface area contributed by atoms with E-state index in [1.165, 1.54) is 23.3 Å². The molecule has 0 amide bonds. The van der Waals surface area contributed by atoms with Gasteiger partial charge in [0.15, 0.2) is 0 Å². The van der Waals surface area contributed by atoms with Gasteiger partial charge in [-0.3, -0.25) is 0 Å². The monoisotopic (exact) mass is 267 g/mol. The van der Waals surface area contributed by atoms with Gasteiger partial charge in [-0.1, -0.05) is 19.9 Å². The van der Waals surface area contributed by atoms with Crippen molar-refractivity contribution in [1.82, 2.24) is 5.32 Å². The Morgan fingerprint density at radius 3 is 2.72 bits per heavy atom. The first-order chi connectivity index (χ1) is 8.72. The van der Waals surface area contributed by atoms with Gasteiger partial charge in [-0.05, 0) is 43.3 Å². The lowest BCUT2D eigenvalue weighted by atomic mass is 10.0. The van der Waals surface area contributed by atoms with Gasteiger partial charge < -0.3 is 10.1 Å². The minimum atomic E-state index is 0.399. The average Bonchev–Trinajstić information content (AvgIpc) is 2.39. The molecule has 0 aromatic heterocycles. The molecule has 1 aromatic rings. The molecule has 1 aromatic carbocycles. The highest BCUT2D eigenvalue weighted by atomic mass is 32.2. The Morgan fingerprint density at radius 2 is 2.11 bits per heavy atom. The molecule has 1 N–H and O–H groups in total. The molecular weight excluding hydrogens is 242 g/mol. The first-order valence-corrected chi connectivity index (χ1v) is 7.86. The highest BCUT2D eigenvalue weighted by Gasteiger charge is 2.08. The van der Waals surface area contributed by atoms with Gasteiger partial charge in [0.2, 0.25) is 0 Å². The first kappa shape index (κ1) is 15.4.